The van der Waals surface area contributed by atoms with Crippen LogP contribution in [-0.2, 0) is 19.6 Å². The van der Waals surface area contributed by atoms with Crippen LogP contribution in [0.1, 0.15) is 32.6 Å². The molecular formula is C18H23N5O4S2. The molecule has 2 heterocycles. The number of hydrogen-bond donors (Lipinski definition) is 2. The lowest BCUT2D eigenvalue weighted by molar-refractivity contribution is -0.131. The maximum atomic E-state index is 13.2. The fourth-order valence-corrected chi connectivity index (χ4v) is 5.73. The summed E-state index contributed by atoms with van der Waals surface area (Å²) in [6.07, 6.45) is 3.11. The molecule has 29 heavy (non-hydrogen) atoms. The SMILES string of the molecule is C[C@H](NC(=O)[C@@H]1CCCN(S(=O)(=O)c2cccc3nsnc23)C1)C(=O)NC1CC1. The number of nitrogens with one attached hydrogen (secondary N) is 2. The lowest BCUT2D eigenvalue weighted by Gasteiger charge is -2.31. The quantitative estimate of drug-likeness (QED) is 0.692. The number of amides is 2. The van der Waals surface area contributed by atoms with Gasteiger partial charge in [0.25, 0.3) is 0 Å². The maximum absolute atomic E-state index is 13.2. The second-order valence-electron chi connectivity index (χ2n) is 7.60. The molecule has 1 aromatic carbocycles. The third-order valence-electron chi connectivity index (χ3n) is 5.30. The highest BCUT2D eigenvalue weighted by atomic mass is 32.2. The minimum absolute atomic E-state index is 0.0824. The van der Waals surface area contributed by atoms with Crippen molar-refractivity contribution in [3.63, 3.8) is 0 Å². The molecule has 2 N–H and O–H groups in total. The Morgan fingerprint density at radius 1 is 1.24 bits per heavy atom. The van der Waals surface area contributed by atoms with Gasteiger partial charge in [0.2, 0.25) is 21.8 Å². The number of rotatable bonds is 6. The molecule has 9 nitrogen and oxygen atoms in total. The highest BCUT2D eigenvalue weighted by Gasteiger charge is 2.35. The first-order valence-corrected chi connectivity index (χ1v) is 11.9. The van der Waals surface area contributed by atoms with Crippen LogP contribution in [0.5, 0.6) is 0 Å². The summed E-state index contributed by atoms with van der Waals surface area (Å²) in [5, 5.41) is 5.59. The van der Waals surface area contributed by atoms with Crippen LogP contribution in [-0.4, -0.2) is 58.5 Å². The summed E-state index contributed by atoms with van der Waals surface area (Å²) < 4.78 is 35.9. The first kappa shape index (κ1) is 20.2. The molecular weight excluding hydrogens is 414 g/mol. The highest BCUT2D eigenvalue weighted by Crippen LogP contribution is 2.28. The van der Waals surface area contributed by atoms with E-state index in [2.05, 4.69) is 19.4 Å². The zero-order valence-corrected chi connectivity index (χ0v) is 17.6. The Labute approximate surface area is 173 Å². The number of carbonyl (C=O) groups excluding carboxylic acids is 2. The van der Waals surface area contributed by atoms with Crippen LogP contribution in [0.4, 0.5) is 0 Å². The van der Waals surface area contributed by atoms with Crippen molar-refractivity contribution in [2.24, 2.45) is 5.92 Å². The minimum atomic E-state index is -3.80. The smallest absolute Gasteiger partial charge is 0.245 e. The molecule has 0 bridgehead atoms. The predicted molar refractivity (Wildman–Crippen MR) is 108 cm³/mol. The molecule has 11 heteroatoms. The van der Waals surface area contributed by atoms with Crippen LogP contribution in [0.15, 0.2) is 23.1 Å². The van der Waals surface area contributed by atoms with E-state index >= 15 is 0 Å². The number of nitrogens with zero attached hydrogens (tertiary/aromatic N) is 3. The van der Waals surface area contributed by atoms with Gasteiger partial charge in [-0.1, -0.05) is 6.07 Å². The third kappa shape index (κ3) is 4.26. The van der Waals surface area contributed by atoms with E-state index in [0.29, 0.717) is 30.4 Å². The van der Waals surface area contributed by atoms with Gasteiger partial charge >= 0.3 is 0 Å². The Bertz CT molecular complexity index is 1030. The largest absolute Gasteiger partial charge is 0.352 e. The molecule has 1 aliphatic carbocycles. The molecule has 0 radical (unpaired) electrons. The molecule has 2 aromatic rings. The summed E-state index contributed by atoms with van der Waals surface area (Å²) in [4.78, 5) is 24.8. The Kier molecular flexibility index (Phi) is 5.54. The standard InChI is InChI=1S/C18H23N5O4S2/c1-11(17(24)20-13-7-8-13)19-18(25)12-4-3-9-23(10-12)29(26,27)15-6-2-5-14-16(15)22-28-21-14/h2,5-6,11-13H,3-4,7-10H2,1H3,(H,19,25)(H,20,24)/t11-,12+/m0/s1. The Hall–Kier alpha value is -2.11. The van der Waals surface area contributed by atoms with Crippen molar-refractivity contribution >= 4 is 44.6 Å². The number of benzene rings is 1. The van der Waals surface area contributed by atoms with Gasteiger partial charge in [-0.25, -0.2) is 8.42 Å². The van der Waals surface area contributed by atoms with Crippen LogP contribution >= 0.6 is 11.7 Å². The maximum Gasteiger partial charge on any atom is 0.245 e. The highest BCUT2D eigenvalue weighted by molar-refractivity contribution is 7.89. The summed E-state index contributed by atoms with van der Waals surface area (Å²) >= 11 is 0.968. The number of sulfonamides is 1. The summed E-state index contributed by atoms with van der Waals surface area (Å²) in [6.45, 7) is 2.07. The van der Waals surface area contributed by atoms with Crippen LogP contribution in [0, 0.1) is 5.92 Å². The lowest BCUT2D eigenvalue weighted by atomic mass is 9.98. The number of piperidine rings is 1. The molecule has 0 spiro atoms. The molecule has 1 saturated carbocycles. The average molecular weight is 438 g/mol. The molecule has 2 amide bonds. The van der Waals surface area contributed by atoms with Crippen molar-refractivity contribution in [2.75, 3.05) is 13.1 Å². The normalized spacial score (nSPS) is 21.6. The molecule has 2 fully saturated rings. The van der Waals surface area contributed by atoms with Crippen molar-refractivity contribution in [1.82, 2.24) is 23.7 Å². The van der Waals surface area contributed by atoms with Gasteiger partial charge in [-0.2, -0.15) is 13.1 Å². The molecule has 2 atom stereocenters. The van der Waals surface area contributed by atoms with Gasteiger partial charge in [-0.3, -0.25) is 9.59 Å². The predicted octanol–water partition coefficient (Wildman–Crippen LogP) is 0.875. The molecule has 1 saturated heterocycles. The van der Waals surface area contributed by atoms with E-state index in [-0.39, 0.29) is 29.3 Å². The monoisotopic (exact) mass is 437 g/mol. The fourth-order valence-electron chi connectivity index (χ4n) is 3.45. The van der Waals surface area contributed by atoms with Gasteiger partial charge in [-0.15, -0.1) is 0 Å². The molecule has 1 aliphatic heterocycles. The van der Waals surface area contributed by atoms with Gasteiger partial charge < -0.3 is 10.6 Å². The fraction of sp³-hybridized carbons (Fsp3) is 0.556. The van der Waals surface area contributed by atoms with Crippen LogP contribution in [0.3, 0.4) is 0 Å². The van der Waals surface area contributed by atoms with Crippen molar-refractivity contribution in [3.8, 4) is 0 Å². The van der Waals surface area contributed by atoms with E-state index in [1.165, 1.54) is 10.4 Å². The van der Waals surface area contributed by atoms with Crippen molar-refractivity contribution in [1.29, 1.82) is 0 Å². The van der Waals surface area contributed by atoms with E-state index in [4.69, 9.17) is 0 Å². The summed E-state index contributed by atoms with van der Waals surface area (Å²) in [6, 6.07) is 4.46. The van der Waals surface area contributed by atoms with Gasteiger partial charge in [0, 0.05) is 19.1 Å². The Morgan fingerprint density at radius 3 is 2.79 bits per heavy atom. The minimum Gasteiger partial charge on any atom is -0.352 e. The zero-order valence-electron chi connectivity index (χ0n) is 16.0. The summed E-state index contributed by atoms with van der Waals surface area (Å²) in [7, 11) is -3.80. The van der Waals surface area contributed by atoms with E-state index in [1.54, 1.807) is 19.1 Å². The van der Waals surface area contributed by atoms with Crippen LogP contribution in [0.2, 0.25) is 0 Å². The molecule has 0 unspecified atom stereocenters. The second kappa shape index (κ2) is 7.96. The average Bonchev–Trinajstić information content (AvgIpc) is 3.39. The van der Waals surface area contributed by atoms with Gasteiger partial charge in [0.1, 0.15) is 22.0 Å². The number of fused-ring (bicyclic) bond motifs is 1. The molecule has 1 aromatic heterocycles. The first-order chi connectivity index (χ1) is 13.9. The van der Waals surface area contributed by atoms with Crippen molar-refractivity contribution in [3.05, 3.63) is 18.2 Å². The van der Waals surface area contributed by atoms with E-state index < -0.39 is 22.0 Å². The third-order valence-corrected chi connectivity index (χ3v) is 7.74. The Balaban J connectivity index is 1.45. The van der Waals surface area contributed by atoms with Gasteiger partial charge in [0.15, 0.2) is 0 Å². The number of carbonyl (C=O) groups is 2. The van der Waals surface area contributed by atoms with E-state index in [9.17, 15) is 18.0 Å². The summed E-state index contributed by atoms with van der Waals surface area (Å²) in [5.74, 6) is -0.997. The topological polar surface area (TPSA) is 121 Å². The van der Waals surface area contributed by atoms with Gasteiger partial charge in [0.05, 0.1) is 17.6 Å². The van der Waals surface area contributed by atoms with Crippen LogP contribution < -0.4 is 10.6 Å². The first-order valence-electron chi connectivity index (χ1n) is 9.68. The van der Waals surface area contributed by atoms with Crippen LogP contribution in [0.25, 0.3) is 11.0 Å². The summed E-state index contributed by atoms with van der Waals surface area (Å²) in [5.41, 5.74) is 0.896. The zero-order chi connectivity index (χ0) is 20.6. The van der Waals surface area contributed by atoms with E-state index in [0.717, 1.165) is 24.6 Å². The van der Waals surface area contributed by atoms with Gasteiger partial charge in [-0.05, 0) is 44.7 Å². The van der Waals surface area contributed by atoms with E-state index in [1.807, 2.05) is 0 Å². The molecule has 4 rings (SSSR count). The van der Waals surface area contributed by atoms with Crippen molar-refractivity contribution < 1.29 is 18.0 Å². The Morgan fingerprint density at radius 2 is 2.03 bits per heavy atom. The second-order valence-corrected chi connectivity index (χ2v) is 10.0. The lowest BCUT2D eigenvalue weighted by Crippen LogP contribution is -2.50. The van der Waals surface area contributed by atoms with Crippen molar-refractivity contribution in [2.45, 2.75) is 49.6 Å². The molecule has 156 valence electrons. The molecule has 2 aliphatic rings. The number of aromatic nitrogens is 2. The number of hydrogen-bond acceptors (Lipinski definition) is 7.